The molecule has 0 spiro atoms. The molecule has 8 nitrogen and oxygen atoms in total. The third kappa shape index (κ3) is 5.39. The van der Waals surface area contributed by atoms with E-state index in [-0.39, 0.29) is 6.42 Å². The predicted octanol–water partition coefficient (Wildman–Crippen LogP) is -0.855. The van der Waals surface area contributed by atoms with Crippen LogP contribution in [0.15, 0.2) is 6.20 Å². The van der Waals surface area contributed by atoms with Gasteiger partial charge in [-0.2, -0.15) is 0 Å². The molecule has 1 rings (SSSR count). The molecule has 0 aromatic carbocycles. The average molecular weight is 254 g/mol. The van der Waals surface area contributed by atoms with Crippen LogP contribution in [0.5, 0.6) is 0 Å². The molecule has 0 saturated carbocycles. The monoisotopic (exact) mass is 254 g/mol. The molecule has 1 heterocycles. The Morgan fingerprint density at radius 3 is 2.83 bits per heavy atom. The van der Waals surface area contributed by atoms with Crippen molar-refractivity contribution in [1.82, 2.24) is 20.3 Å². The second-order valence-corrected chi connectivity index (χ2v) is 3.88. The van der Waals surface area contributed by atoms with E-state index in [1.165, 1.54) is 0 Å². The molecule has 0 fully saturated rings. The number of hydrogen-bond acceptors (Lipinski definition) is 5. The number of nitrogens with zero attached hydrogens (tertiary/aromatic N) is 3. The molecule has 0 aliphatic heterocycles. The van der Waals surface area contributed by atoms with Gasteiger partial charge in [-0.05, 0) is 25.8 Å². The van der Waals surface area contributed by atoms with Gasteiger partial charge in [-0.3, -0.25) is 14.8 Å². The van der Waals surface area contributed by atoms with Crippen molar-refractivity contribution in [3.63, 3.8) is 0 Å². The molecule has 1 aromatic heterocycles. The van der Waals surface area contributed by atoms with Crippen molar-refractivity contribution in [3.8, 4) is 0 Å². The minimum absolute atomic E-state index is 0.133. The highest BCUT2D eigenvalue weighted by Crippen LogP contribution is 2.00. The number of primary amides is 1. The molecule has 0 atom stereocenters. The quantitative estimate of drug-likeness (QED) is 0.545. The number of aromatic nitrogens is 3. The Hall–Kier alpha value is -1.96. The average Bonchev–Trinajstić information content (AvgIpc) is 2.74. The van der Waals surface area contributed by atoms with Crippen LogP contribution in [0.2, 0.25) is 0 Å². The highest BCUT2D eigenvalue weighted by molar-refractivity contribution is 5.93. The summed E-state index contributed by atoms with van der Waals surface area (Å²) < 4.78 is 1.57. The first-order valence-corrected chi connectivity index (χ1v) is 5.80. The summed E-state index contributed by atoms with van der Waals surface area (Å²) in [6, 6.07) is -0.846. The maximum Gasteiger partial charge on any atom is 0.318 e. The van der Waals surface area contributed by atoms with Gasteiger partial charge < -0.3 is 11.5 Å². The van der Waals surface area contributed by atoms with Crippen LogP contribution in [0.4, 0.5) is 4.79 Å². The third-order valence-corrected chi connectivity index (χ3v) is 2.30. The van der Waals surface area contributed by atoms with E-state index in [9.17, 15) is 9.59 Å². The SMILES string of the molecule is NCCCCc1cn(CCC(=O)NC(N)=O)nn1. The fourth-order valence-electron chi connectivity index (χ4n) is 1.43. The molecule has 0 bridgehead atoms. The molecule has 0 aliphatic carbocycles. The number of carbonyl (C=O) groups excluding carboxylic acids is 2. The van der Waals surface area contributed by atoms with Gasteiger partial charge in [0.2, 0.25) is 5.91 Å². The number of carbonyl (C=O) groups is 2. The van der Waals surface area contributed by atoms with Crippen LogP contribution >= 0.6 is 0 Å². The highest BCUT2D eigenvalue weighted by Gasteiger charge is 2.06. The van der Waals surface area contributed by atoms with Gasteiger partial charge in [0, 0.05) is 12.6 Å². The van der Waals surface area contributed by atoms with E-state index >= 15 is 0 Å². The van der Waals surface area contributed by atoms with Crippen molar-refractivity contribution < 1.29 is 9.59 Å². The van der Waals surface area contributed by atoms with Crippen molar-refractivity contribution in [2.24, 2.45) is 11.5 Å². The van der Waals surface area contributed by atoms with Crippen LogP contribution in [-0.4, -0.2) is 33.5 Å². The zero-order valence-electron chi connectivity index (χ0n) is 10.1. The zero-order valence-corrected chi connectivity index (χ0v) is 10.1. The minimum Gasteiger partial charge on any atom is -0.351 e. The Bertz CT molecular complexity index is 403. The molecule has 0 radical (unpaired) electrons. The van der Waals surface area contributed by atoms with Crippen LogP contribution in [0.1, 0.15) is 25.0 Å². The van der Waals surface area contributed by atoms with Gasteiger partial charge in [0.05, 0.1) is 12.2 Å². The van der Waals surface area contributed by atoms with Crippen LogP contribution in [-0.2, 0) is 17.8 Å². The lowest BCUT2D eigenvalue weighted by Crippen LogP contribution is -2.35. The van der Waals surface area contributed by atoms with Crippen molar-refractivity contribution in [2.75, 3.05) is 6.54 Å². The highest BCUT2D eigenvalue weighted by atomic mass is 16.2. The summed E-state index contributed by atoms with van der Waals surface area (Å²) in [6.07, 6.45) is 4.67. The summed E-state index contributed by atoms with van der Waals surface area (Å²) in [5.74, 6) is -0.428. The maximum atomic E-state index is 11.2. The lowest BCUT2D eigenvalue weighted by atomic mass is 10.2. The van der Waals surface area contributed by atoms with Crippen molar-refractivity contribution in [2.45, 2.75) is 32.2 Å². The van der Waals surface area contributed by atoms with E-state index in [2.05, 4.69) is 10.3 Å². The van der Waals surface area contributed by atoms with Crippen LogP contribution < -0.4 is 16.8 Å². The second-order valence-electron chi connectivity index (χ2n) is 3.88. The van der Waals surface area contributed by atoms with E-state index in [1.54, 1.807) is 10.9 Å². The molecule has 18 heavy (non-hydrogen) atoms. The molecule has 5 N–H and O–H groups in total. The number of hydrogen-bond donors (Lipinski definition) is 3. The lowest BCUT2D eigenvalue weighted by molar-refractivity contribution is -0.120. The largest absolute Gasteiger partial charge is 0.351 e. The van der Waals surface area contributed by atoms with Crippen LogP contribution in [0, 0.1) is 0 Å². The van der Waals surface area contributed by atoms with Gasteiger partial charge in [-0.15, -0.1) is 5.10 Å². The number of unbranched alkanes of at least 4 members (excludes halogenated alkanes) is 1. The number of nitrogens with two attached hydrogens (primary N) is 2. The summed E-state index contributed by atoms with van der Waals surface area (Å²) in [5, 5.41) is 9.85. The third-order valence-electron chi connectivity index (χ3n) is 2.30. The topological polar surface area (TPSA) is 129 Å². The molecule has 0 saturated heterocycles. The standard InChI is InChI=1S/C10H18N6O2/c11-5-2-1-3-8-7-16(15-14-8)6-4-9(17)13-10(12)18/h7H,1-6,11H2,(H3,12,13,17,18). The van der Waals surface area contributed by atoms with Gasteiger partial charge in [0.1, 0.15) is 0 Å². The first-order chi connectivity index (χ1) is 8.61. The molecule has 1 aromatic rings. The molecule has 0 aliphatic rings. The Morgan fingerprint density at radius 2 is 2.17 bits per heavy atom. The Kier molecular flexibility index (Phi) is 5.78. The summed E-state index contributed by atoms with van der Waals surface area (Å²) in [6.45, 7) is 1.03. The lowest BCUT2D eigenvalue weighted by Gasteiger charge is -2.00. The van der Waals surface area contributed by atoms with Crippen molar-refractivity contribution >= 4 is 11.9 Å². The van der Waals surface area contributed by atoms with E-state index in [0.717, 1.165) is 25.0 Å². The van der Waals surface area contributed by atoms with Gasteiger partial charge in [-0.1, -0.05) is 5.21 Å². The zero-order chi connectivity index (χ0) is 13.4. The van der Waals surface area contributed by atoms with Crippen LogP contribution in [0.25, 0.3) is 0 Å². The van der Waals surface area contributed by atoms with Crippen LogP contribution in [0.3, 0.4) is 0 Å². The minimum atomic E-state index is -0.846. The smallest absolute Gasteiger partial charge is 0.318 e. The molecule has 100 valence electrons. The Labute approximate surface area is 105 Å². The summed E-state index contributed by atoms with van der Waals surface area (Å²) >= 11 is 0. The van der Waals surface area contributed by atoms with E-state index in [0.29, 0.717) is 13.1 Å². The number of nitrogens with one attached hydrogen (secondary N) is 1. The number of amides is 3. The van der Waals surface area contributed by atoms with Gasteiger partial charge >= 0.3 is 6.03 Å². The summed E-state index contributed by atoms with van der Waals surface area (Å²) in [4.78, 5) is 21.6. The van der Waals surface area contributed by atoms with E-state index in [4.69, 9.17) is 11.5 Å². The first-order valence-electron chi connectivity index (χ1n) is 5.80. The number of rotatable bonds is 7. The van der Waals surface area contributed by atoms with E-state index < -0.39 is 11.9 Å². The Balaban J connectivity index is 2.30. The second kappa shape index (κ2) is 7.38. The van der Waals surface area contributed by atoms with Gasteiger partial charge in [0.15, 0.2) is 0 Å². The molecular formula is C10H18N6O2. The van der Waals surface area contributed by atoms with Crippen molar-refractivity contribution in [1.29, 1.82) is 0 Å². The number of imide groups is 1. The van der Waals surface area contributed by atoms with Gasteiger partial charge in [0.25, 0.3) is 0 Å². The molecule has 3 amide bonds. The van der Waals surface area contributed by atoms with Gasteiger partial charge in [-0.25, -0.2) is 4.79 Å². The molecule has 0 unspecified atom stereocenters. The number of urea groups is 1. The van der Waals surface area contributed by atoms with Crippen molar-refractivity contribution in [3.05, 3.63) is 11.9 Å². The Morgan fingerprint density at radius 1 is 1.39 bits per heavy atom. The summed E-state index contributed by atoms with van der Waals surface area (Å²) in [5.41, 5.74) is 11.1. The fraction of sp³-hybridized carbons (Fsp3) is 0.600. The maximum absolute atomic E-state index is 11.2. The molecular weight excluding hydrogens is 236 g/mol. The normalized spacial score (nSPS) is 10.3. The fourth-order valence-corrected chi connectivity index (χ4v) is 1.43. The molecule has 8 heteroatoms. The van der Waals surface area contributed by atoms with E-state index in [1.807, 2.05) is 5.32 Å². The summed E-state index contributed by atoms with van der Waals surface area (Å²) in [7, 11) is 0. The first kappa shape index (κ1) is 14.1. The number of aryl methyl sites for hydroxylation is 2. The predicted molar refractivity (Wildman–Crippen MR) is 64.4 cm³/mol.